The van der Waals surface area contributed by atoms with Gasteiger partial charge >= 0.3 is 5.97 Å². The standard InChI is InChI=1S/C10H13N3O2S/c11-7-1-2-8(13-4-7)16-10(3-9(14)15)5-12-6-10/h1-2,4,12H,3,5-6,11H2,(H,14,15). The molecule has 0 unspecified atom stereocenters. The number of hydrogen-bond acceptors (Lipinski definition) is 5. The van der Waals surface area contributed by atoms with Crippen LogP contribution < -0.4 is 11.1 Å². The lowest BCUT2D eigenvalue weighted by molar-refractivity contribution is -0.138. The Labute approximate surface area is 97.4 Å². The normalized spacial score (nSPS) is 17.8. The van der Waals surface area contributed by atoms with Crippen LogP contribution in [0.15, 0.2) is 23.4 Å². The van der Waals surface area contributed by atoms with Gasteiger partial charge in [0.1, 0.15) is 0 Å². The third kappa shape index (κ3) is 2.45. The molecule has 0 saturated carbocycles. The molecule has 0 aliphatic carbocycles. The fourth-order valence-electron chi connectivity index (χ4n) is 1.59. The van der Waals surface area contributed by atoms with Crippen LogP contribution in [0.4, 0.5) is 5.69 Å². The quantitative estimate of drug-likeness (QED) is 0.712. The smallest absolute Gasteiger partial charge is 0.304 e. The van der Waals surface area contributed by atoms with Gasteiger partial charge < -0.3 is 16.2 Å². The third-order valence-corrected chi connectivity index (χ3v) is 3.76. The number of aromatic nitrogens is 1. The summed E-state index contributed by atoms with van der Waals surface area (Å²) in [6, 6.07) is 3.60. The lowest BCUT2D eigenvalue weighted by atomic mass is 9.98. The van der Waals surface area contributed by atoms with Crippen LogP contribution in [0.3, 0.4) is 0 Å². The number of aliphatic carboxylic acids is 1. The van der Waals surface area contributed by atoms with Gasteiger partial charge in [0.25, 0.3) is 0 Å². The molecule has 1 aromatic rings. The Morgan fingerprint density at radius 2 is 2.38 bits per heavy atom. The Kier molecular flexibility index (Phi) is 3.02. The van der Waals surface area contributed by atoms with Crippen LogP contribution in [0.5, 0.6) is 0 Å². The van der Waals surface area contributed by atoms with E-state index in [2.05, 4.69) is 10.3 Å². The van der Waals surface area contributed by atoms with E-state index in [0.717, 1.165) is 5.03 Å². The summed E-state index contributed by atoms with van der Waals surface area (Å²) in [4.78, 5) is 14.9. The molecule has 1 fully saturated rings. The van der Waals surface area contributed by atoms with Crippen LogP contribution in [0.25, 0.3) is 0 Å². The molecule has 4 N–H and O–H groups in total. The highest BCUT2D eigenvalue weighted by Crippen LogP contribution is 2.37. The average Bonchev–Trinajstić information content (AvgIpc) is 2.17. The molecule has 0 radical (unpaired) electrons. The van der Waals surface area contributed by atoms with Gasteiger partial charge in [0.15, 0.2) is 0 Å². The second kappa shape index (κ2) is 4.31. The van der Waals surface area contributed by atoms with Crippen molar-refractivity contribution in [2.45, 2.75) is 16.2 Å². The first-order valence-corrected chi connectivity index (χ1v) is 5.74. The van der Waals surface area contributed by atoms with E-state index in [0.29, 0.717) is 18.8 Å². The predicted molar refractivity (Wildman–Crippen MR) is 62.4 cm³/mol. The van der Waals surface area contributed by atoms with Gasteiger partial charge in [0.05, 0.1) is 28.1 Å². The van der Waals surface area contributed by atoms with Gasteiger partial charge in [0, 0.05) is 13.1 Å². The minimum absolute atomic E-state index is 0.150. The minimum Gasteiger partial charge on any atom is -0.481 e. The van der Waals surface area contributed by atoms with E-state index in [-0.39, 0.29) is 11.2 Å². The largest absolute Gasteiger partial charge is 0.481 e. The second-order valence-electron chi connectivity index (χ2n) is 3.89. The zero-order valence-corrected chi connectivity index (χ0v) is 9.46. The first-order chi connectivity index (χ1) is 7.60. The summed E-state index contributed by atoms with van der Waals surface area (Å²) in [5.74, 6) is -0.774. The van der Waals surface area contributed by atoms with E-state index < -0.39 is 5.97 Å². The van der Waals surface area contributed by atoms with Crippen LogP contribution in [-0.4, -0.2) is 33.9 Å². The highest BCUT2D eigenvalue weighted by molar-refractivity contribution is 8.00. The molecule has 6 heteroatoms. The van der Waals surface area contributed by atoms with Gasteiger partial charge in [-0.05, 0) is 12.1 Å². The number of nitrogen functional groups attached to an aromatic ring is 1. The Balaban J connectivity index is 2.06. The average molecular weight is 239 g/mol. The van der Waals surface area contributed by atoms with Crippen molar-refractivity contribution in [1.29, 1.82) is 0 Å². The molecule has 2 rings (SSSR count). The van der Waals surface area contributed by atoms with Crippen LogP contribution in [0, 0.1) is 0 Å². The molecular weight excluding hydrogens is 226 g/mol. The lowest BCUT2D eigenvalue weighted by Gasteiger charge is -2.40. The summed E-state index contributed by atoms with van der Waals surface area (Å²) in [5.41, 5.74) is 6.15. The number of nitrogens with zero attached hydrogens (tertiary/aromatic N) is 1. The minimum atomic E-state index is -0.774. The number of thioether (sulfide) groups is 1. The number of carboxylic acid groups (broad SMARTS) is 1. The number of rotatable bonds is 4. The van der Waals surface area contributed by atoms with Crippen molar-refractivity contribution in [2.24, 2.45) is 0 Å². The molecule has 2 heterocycles. The zero-order valence-electron chi connectivity index (χ0n) is 8.64. The van der Waals surface area contributed by atoms with E-state index in [1.165, 1.54) is 11.8 Å². The first kappa shape index (κ1) is 11.2. The molecule has 1 saturated heterocycles. The summed E-state index contributed by atoms with van der Waals surface area (Å²) in [7, 11) is 0. The SMILES string of the molecule is Nc1ccc(SC2(CC(=O)O)CNC2)nc1. The molecule has 5 nitrogen and oxygen atoms in total. The molecule has 86 valence electrons. The molecule has 0 atom stereocenters. The highest BCUT2D eigenvalue weighted by atomic mass is 32.2. The maximum Gasteiger partial charge on any atom is 0.304 e. The van der Waals surface area contributed by atoms with Gasteiger partial charge in [-0.1, -0.05) is 11.8 Å². The molecular formula is C10H13N3O2S. The molecule has 0 amide bonds. The number of nitrogens with two attached hydrogens (primary N) is 1. The summed E-state index contributed by atoms with van der Waals surface area (Å²) in [6.45, 7) is 1.41. The summed E-state index contributed by atoms with van der Waals surface area (Å²) in [5, 5.41) is 12.8. The van der Waals surface area contributed by atoms with Crippen LogP contribution in [0.1, 0.15) is 6.42 Å². The van der Waals surface area contributed by atoms with Crippen LogP contribution >= 0.6 is 11.8 Å². The Bertz CT molecular complexity index is 390. The number of hydrogen-bond donors (Lipinski definition) is 3. The molecule has 1 aliphatic heterocycles. The molecule has 0 aromatic carbocycles. The van der Waals surface area contributed by atoms with Gasteiger partial charge in [-0.25, -0.2) is 4.98 Å². The molecule has 1 aromatic heterocycles. The monoisotopic (exact) mass is 239 g/mol. The fraction of sp³-hybridized carbons (Fsp3) is 0.400. The van der Waals surface area contributed by atoms with E-state index in [1.54, 1.807) is 12.3 Å². The van der Waals surface area contributed by atoms with Crippen molar-refractivity contribution in [1.82, 2.24) is 10.3 Å². The number of pyridine rings is 1. The van der Waals surface area contributed by atoms with Crippen molar-refractivity contribution in [3.8, 4) is 0 Å². The maximum atomic E-state index is 10.8. The van der Waals surface area contributed by atoms with Crippen LogP contribution in [0.2, 0.25) is 0 Å². The topological polar surface area (TPSA) is 88.2 Å². The number of carboxylic acids is 1. The first-order valence-electron chi connectivity index (χ1n) is 4.93. The van der Waals surface area contributed by atoms with Gasteiger partial charge in [0.2, 0.25) is 0 Å². The van der Waals surface area contributed by atoms with E-state index in [1.807, 2.05) is 6.07 Å². The molecule has 16 heavy (non-hydrogen) atoms. The van der Waals surface area contributed by atoms with Crippen LogP contribution in [-0.2, 0) is 4.79 Å². The summed E-state index contributed by atoms with van der Waals surface area (Å²) < 4.78 is -0.255. The Hall–Kier alpha value is -1.27. The van der Waals surface area contributed by atoms with Crippen molar-refractivity contribution in [3.05, 3.63) is 18.3 Å². The van der Waals surface area contributed by atoms with E-state index >= 15 is 0 Å². The predicted octanol–water partition coefficient (Wildman–Crippen LogP) is 0.573. The fourth-order valence-corrected chi connectivity index (χ4v) is 2.82. The van der Waals surface area contributed by atoms with E-state index in [9.17, 15) is 4.79 Å². The van der Waals surface area contributed by atoms with Gasteiger partial charge in [-0.2, -0.15) is 0 Å². The number of carbonyl (C=O) groups is 1. The summed E-state index contributed by atoms with van der Waals surface area (Å²) in [6.07, 6.45) is 1.74. The van der Waals surface area contributed by atoms with Crippen molar-refractivity contribution in [2.75, 3.05) is 18.8 Å². The van der Waals surface area contributed by atoms with Crippen molar-refractivity contribution < 1.29 is 9.90 Å². The lowest BCUT2D eigenvalue weighted by Crippen LogP contribution is -2.58. The van der Waals surface area contributed by atoms with Gasteiger partial charge in [-0.15, -0.1) is 0 Å². The number of anilines is 1. The summed E-state index contributed by atoms with van der Waals surface area (Å²) >= 11 is 1.50. The highest BCUT2D eigenvalue weighted by Gasteiger charge is 2.40. The van der Waals surface area contributed by atoms with Gasteiger partial charge in [-0.3, -0.25) is 4.79 Å². The number of nitrogens with one attached hydrogen (secondary N) is 1. The van der Waals surface area contributed by atoms with E-state index in [4.69, 9.17) is 10.8 Å². The third-order valence-electron chi connectivity index (χ3n) is 2.45. The Morgan fingerprint density at radius 1 is 1.62 bits per heavy atom. The Morgan fingerprint density at radius 3 is 2.81 bits per heavy atom. The maximum absolute atomic E-state index is 10.8. The van der Waals surface area contributed by atoms with Crippen molar-refractivity contribution in [3.63, 3.8) is 0 Å². The van der Waals surface area contributed by atoms with Crippen molar-refractivity contribution >= 4 is 23.4 Å². The molecule has 1 aliphatic rings. The molecule has 0 bridgehead atoms. The molecule has 0 spiro atoms. The second-order valence-corrected chi connectivity index (χ2v) is 5.38. The zero-order chi connectivity index (χ0) is 11.6.